The van der Waals surface area contributed by atoms with E-state index in [0.29, 0.717) is 19.4 Å². The summed E-state index contributed by atoms with van der Waals surface area (Å²) in [5, 5.41) is 21.4. The molecule has 0 aromatic carbocycles. The van der Waals surface area contributed by atoms with Gasteiger partial charge in [-0.15, -0.1) is 0 Å². The molecule has 0 aliphatic carbocycles. The Labute approximate surface area is 254 Å². The van der Waals surface area contributed by atoms with E-state index in [1.165, 1.54) is 45.4 Å². The monoisotopic (exact) mass is 596 g/mol. The third kappa shape index (κ3) is 14.3. The smallest absolute Gasteiger partial charge is 0.311 e. The van der Waals surface area contributed by atoms with Crippen molar-refractivity contribution in [1.82, 2.24) is 0 Å². The van der Waals surface area contributed by atoms with Gasteiger partial charge in [0, 0.05) is 6.92 Å². The van der Waals surface area contributed by atoms with Crippen LogP contribution in [-0.4, -0.2) is 71.5 Å². The lowest BCUT2D eigenvalue weighted by Crippen LogP contribution is -2.43. The number of carbonyl (C=O) groups excluding carboxylic acids is 2. The van der Waals surface area contributed by atoms with Crippen molar-refractivity contribution in [2.45, 2.75) is 180 Å². The summed E-state index contributed by atoms with van der Waals surface area (Å²) < 4.78 is 23.3. The maximum Gasteiger partial charge on any atom is 0.311 e. The van der Waals surface area contributed by atoms with E-state index in [2.05, 4.69) is 6.92 Å². The number of hydrogen-bond acceptors (Lipinski definition) is 8. The average molecular weight is 597 g/mol. The van der Waals surface area contributed by atoms with Crippen LogP contribution in [0.15, 0.2) is 12.2 Å². The Morgan fingerprint density at radius 3 is 2.17 bits per heavy atom. The summed E-state index contributed by atoms with van der Waals surface area (Å²) in [6.07, 6.45) is 16.5. The first-order valence-electron chi connectivity index (χ1n) is 16.7. The minimum atomic E-state index is -0.857. The molecule has 2 N–H and O–H groups in total. The quantitative estimate of drug-likeness (QED) is 0.0977. The first-order valence-corrected chi connectivity index (χ1v) is 16.7. The SMILES string of the molecule is CCCCCCCCCC[C@@H]1O[C@H]([C@@H](O)/C=C/[C@H](OC(C)=O)[C@@H]2CC[C@@H](CCCCOC(=O)C(C)(C)C)O2)CC[C@H]1O. The second-order valence-electron chi connectivity index (χ2n) is 13.3. The molecule has 0 amide bonds. The van der Waals surface area contributed by atoms with Gasteiger partial charge in [-0.05, 0) is 78.2 Å². The molecule has 244 valence electrons. The Morgan fingerprint density at radius 1 is 0.857 bits per heavy atom. The molecule has 8 heteroatoms. The number of aliphatic hydroxyl groups excluding tert-OH is 2. The zero-order valence-electron chi connectivity index (χ0n) is 27.1. The topological polar surface area (TPSA) is 112 Å². The van der Waals surface area contributed by atoms with Crippen LogP contribution in [0.25, 0.3) is 0 Å². The van der Waals surface area contributed by atoms with Crippen LogP contribution in [0.5, 0.6) is 0 Å². The van der Waals surface area contributed by atoms with Gasteiger partial charge < -0.3 is 29.2 Å². The van der Waals surface area contributed by atoms with Crippen LogP contribution in [0.1, 0.15) is 137 Å². The highest BCUT2D eigenvalue weighted by Gasteiger charge is 2.35. The number of esters is 2. The lowest BCUT2D eigenvalue weighted by Gasteiger charge is -2.35. The van der Waals surface area contributed by atoms with Crippen LogP contribution >= 0.6 is 0 Å². The number of unbranched alkanes of at least 4 members (excludes halogenated alkanes) is 8. The summed E-state index contributed by atoms with van der Waals surface area (Å²) in [4.78, 5) is 23.7. The van der Waals surface area contributed by atoms with E-state index in [-0.39, 0.29) is 24.3 Å². The van der Waals surface area contributed by atoms with Crippen molar-refractivity contribution < 1.29 is 38.7 Å². The first kappa shape index (κ1) is 36.7. The number of hydrogen-bond donors (Lipinski definition) is 2. The molecule has 2 aliphatic rings. The predicted octanol–water partition coefficient (Wildman–Crippen LogP) is 6.58. The molecule has 2 aliphatic heterocycles. The van der Waals surface area contributed by atoms with Gasteiger partial charge >= 0.3 is 11.9 Å². The van der Waals surface area contributed by atoms with Crippen molar-refractivity contribution >= 4 is 11.9 Å². The molecule has 2 fully saturated rings. The lowest BCUT2D eigenvalue weighted by atomic mass is 9.94. The third-order valence-corrected chi connectivity index (χ3v) is 8.32. The number of ether oxygens (including phenoxy) is 4. The predicted molar refractivity (Wildman–Crippen MR) is 164 cm³/mol. The second kappa shape index (κ2) is 19.7. The van der Waals surface area contributed by atoms with Crippen LogP contribution in [0.3, 0.4) is 0 Å². The van der Waals surface area contributed by atoms with Gasteiger partial charge in [0.25, 0.3) is 0 Å². The fraction of sp³-hybridized carbons (Fsp3) is 0.882. The molecule has 7 atom stereocenters. The zero-order valence-corrected chi connectivity index (χ0v) is 27.1. The van der Waals surface area contributed by atoms with Crippen molar-refractivity contribution in [3.8, 4) is 0 Å². The Bertz CT molecular complexity index is 791. The van der Waals surface area contributed by atoms with Gasteiger partial charge in [0.2, 0.25) is 0 Å². The minimum Gasteiger partial charge on any atom is -0.465 e. The fourth-order valence-electron chi connectivity index (χ4n) is 5.72. The zero-order chi connectivity index (χ0) is 31.0. The van der Waals surface area contributed by atoms with Gasteiger partial charge in [0.1, 0.15) is 6.10 Å². The highest BCUT2D eigenvalue weighted by atomic mass is 16.6. The molecule has 8 nitrogen and oxygen atoms in total. The molecule has 0 saturated carbocycles. The van der Waals surface area contributed by atoms with E-state index in [1.807, 2.05) is 20.8 Å². The highest BCUT2D eigenvalue weighted by Crippen LogP contribution is 2.29. The minimum absolute atomic E-state index is 0.0602. The van der Waals surface area contributed by atoms with Gasteiger partial charge in [0.05, 0.1) is 48.6 Å². The van der Waals surface area contributed by atoms with Crippen molar-refractivity contribution in [1.29, 1.82) is 0 Å². The third-order valence-electron chi connectivity index (χ3n) is 8.32. The summed E-state index contributed by atoms with van der Waals surface area (Å²) in [6, 6.07) is 0. The van der Waals surface area contributed by atoms with Crippen molar-refractivity contribution in [2.24, 2.45) is 5.41 Å². The molecule has 2 rings (SSSR count). The molecule has 42 heavy (non-hydrogen) atoms. The van der Waals surface area contributed by atoms with Crippen molar-refractivity contribution in [2.75, 3.05) is 6.61 Å². The highest BCUT2D eigenvalue weighted by molar-refractivity contribution is 5.75. The largest absolute Gasteiger partial charge is 0.465 e. The summed E-state index contributed by atoms with van der Waals surface area (Å²) in [7, 11) is 0. The first-order chi connectivity index (χ1) is 20.0. The summed E-state index contributed by atoms with van der Waals surface area (Å²) in [5.74, 6) is -0.582. The lowest BCUT2D eigenvalue weighted by molar-refractivity contribution is -0.153. The molecule has 2 saturated heterocycles. The summed E-state index contributed by atoms with van der Waals surface area (Å²) in [6.45, 7) is 9.55. The van der Waals surface area contributed by atoms with E-state index in [4.69, 9.17) is 18.9 Å². The fourth-order valence-corrected chi connectivity index (χ4v) is 5.72. The van der Waals surface area contributed by atoms with Crippen LogP contribution in [0.2, 0.25) is 0 Å². The van der Waals surface area contributed by atoms with Crippen molar-refractivity contribution in [3.63, 3.8) is 0 Å². The number of rotatable bonds is 19. The Kier molecular flexibility index (Phi) is 17.2. The molecule has 0 spiro atoms. The van der Waals surface area contributed by atoms with Gasteiger partial charge in [0.15, 0.2) is 0 Å². The molecule has 2 heterocycles. The molecular formula is C34H60O8. The average Bonchev–Trinajstić information content (AvgIpc) is 3.41. The Morgan fingerprint density at radius 2 is 1.50 bits per heavy atom. The number of carbonyl (C=O) groups is 2. The van der Waals surface area contributed by atoms with Gasteiger partial charge in [-0.1, -0.05) is 64.4 Å². The molecule has 0 aromatic heterocycles. The Balaban J connectivity index is 1.76. The standard InChI is InChI=1S/C34H60O8/c1-6-7-8-9-10-11-12-13-17-29-27(36)19-22-30(42-29)28(37)20-23-31(40-25(2)35)32-21-18-26(41-32)16-14-15-24-39-33(38)34(3,4)5/h20,23,26-32,36-37H,6-19,21-22,24H2,1-5H3/b23-20+/t26-,27-,28+,29+,30+,31+,32+/m1/s1. The van der Waals surface area contributed by atoms with Crippen LogP contribution in [0, 0.1) is 5.41 Å². The van der Waals surface area contributed by atoms with Gasteiger partial charge in [-0.3, -0.25) is 9.59 Å². The van der Waals surface area contributed by atoms with Crippen LogP contribution in [-0.2, 0) is 28.5 Å². The van der Waals surface area contributed by atoms with E-state index >= 15 is 0 Å². The summed E-state index contributed by atoms with van der Waals surface area (Å²) >= 11 is 0. The van der Waals surface area contributed by atoms with E-state index < -0.39 is 35.8 Å². The van der Waals surface area contributed by atoms with Gasteiger partial charge in [-0.2, -0.15) is 0 Å². The van der Waals surface area contributed by atoms with Crippen LogP contribution < -0.4 is 0 Å². The van der Waals surface area contributed by atoms with Crippen molar-refractivity contribution in [3.05, 3.63) is 12.2 Å². The van der Waals surface area contributed by atoms with Crippen LogP contribution in [0.4, 0.5) is 0 Å². The van der Waals surface area contributed by atoms with E-state index in [1.54, 1.807) is 12.2 Å². The Hall–Kier alpha value is -1.48. The normalized spacial score (nSPS) is 26.3. The van der Waals surface area contributed by atoms with E-state index in [9.17, 15) is 19.8 Å². The van der Waals surface area contributed by atoms with E-state index in [0.717, 1.165) is 51.4 Å². The second-order valence-corrected chi connectivity index (χ2v) is 13.3. The molecule has 0 unspecified atom stereocenters. The molecule has 0 aromatic rings. The maximum absolute atomic E-state index is 11.9. The maximum atomic E-state index is 11.9. The summed E-state index contributed by atoms with van der Waals surface area (Å²) in [5.41, 5.74) is -0.492. The molecule has 0 radical (unpaired) electrons. The van der Waals surface area contributed by atoms with Gasteiger partial charge in [-0.25, -0.2) is 0 Å². The number of aliphatic hydroxyl groups is 2. The molecule has 0 bridgehead atoms. The molecular weight excluding hydrogens is 536 g/mol.